The van der Waals surface area contributed by atoms with E-state index in [0.717, 1.165) is 10.9 Å². The Balaban J connectivity index is 2.11. The van der Waals surface area contributed by atoms with Crippen molar-refractivity contribution in [3.63, 3.8) is 0 Å². The summed E-state index contributed by atoms with van der Waals surface area (Å²) in [5, 5.41) is 26.0. The average molecular weight is 276 g/mol. The number of carbonyl (C=O) groups is 2. The summed E-state index contributed by atoms with van der Waals surface area (Å²) in [6.45, 7) is -0.196. The molecule has 0 aliphatic carbocycles. The molecule has 0 saturated carbocycles. The van der Waals surface area contributed by atoms with Crippen molar-refractivity contribution in [2.45, 2.75) is 6.54 Å². The summed E-state index contributed by atoms with van der Waals surface area (Å²) in [5.74, 6) is -1.60. The molecule has 1 N–H and O–H groups in total. The van der Waals surface area contributed by atoms with Gasteiger partial charge in [-0.15, -0.1) is 5.10 Å². The van der Waals surface area contributed by atoms with Crippen LogP contribution in [0, 0.1) is 10.1 Å². The highest BCUT2D eigenvalue weighted by atomic mass is 16.6. The molecular formula is C11H8N4O5. The lowest BCUT2D eigenvalue weighted by atomic mass is 10.1. The van der Waals surface area contributed by atoms with Crippen LogP contribution in [0.2, 0.25) is 0 Å². The van der Waals surface area contributed by atoms with E-state index in [1.807, 2.05) is 0 Å². The molecular weight excluding hydrogens is 268 g/mol. The van der Waals surface area contributed by atoms with Crippen LogP contribution in [0.4, 0.5) is 5.69 Å². The first-order chi connectivity index (χ1) is 9.47. The number of aromatic nitrogens is 3. The maximum Gasteiger partial charge on any atom is 0.358 e. The van der Waals surface area contributed by atoms with E-state index in [1.165, 1.54) is 24.3 Å². The van der Waals surface area contributed by atoms with Gasteiger partial charge in [-0.1, -0.05) is 5.21 Å². The molecule has 9 heteroatoms. The minimum Gasteiger partial charge on any atom is -0.476 e. The third-order valence-corrected chi connectivity index (χ3v) is 2.46. The number of nitrogens with zero attached hydrogens (tertiary/aromatic N) is 4. The summed E-state index contributed by atoms with van der Waals surface area (Å²) < 4.78 is 1.09. The van der Waals surface area contributed by atoms with Crippen LogP contribution in [0.1, 0.15) is 20.8 Å². The van der Waals surface area contributed by atoms with Crippen LogP contribution in [0.25, 0.3) is 0 Å². The molecule has 1 heterocycles. The quantitative estimate of drug-likeness (QED) is 0.485. The number of carbonyl (C=O) groups excluding carboxylic acids is 1. The second-order valence-electron chi connectivity index (χ2n) is 3.83. The molecule has 20 heavy (non-hydrogen) atoms. The number of carboxylic acid groups (broad SMARTS) is 1. The Morgan fingerprint density at radius 2 is 1.95 bits per heavy atom. The zero-order valence-corrected chi connectivity index (χ0v) is 9.96. The van der Waals surface area contributed by atoms with Crippen LogP contribution in [-0.2, 0) is 6.54 Å². The van der Waals surface area contributed by atoms with Gasteiger partial charge in [0.2, 0.25) is 0 Å². The number of aromatic carboxylic acids is 1. The summed E-state index contributed by atoms with van der Waals surface area (Å²) in [7, 11) is 0. The molecule has 0 spiro atoms. The zero-order chi connectivity index (χ0) is 14.7. The first kappa shape index (κ1) is 13.3. The van der Waals surface area contributed by atoms with Gasteiger partial charge < -0.3 is 5.11 Å². The van der Waals surface area contributed by atoms with Crippen LogP contribution in [-0.4, -0.2) is 36.8 Å². The Morgan fingerprint density at radius 1 is 1.30 bits per heavy atom. The molecule has 0 aliphatic rings. The largest absolute Gasteiger partial charge is 0.476 e. The number of hydrogen-bond donors (Lipinski definition) is 1. The average Bonchev–Trinajstić information content (AvgIpc) is 2.87. The van der Waals surface area contributed by atoms with Gasteiger partial charge in [0.05, 0.1) is 11.1 Å². The first-order valence-corrected chi connectivity index (χ1v) is 5.38. The second-order valence-corrected chi connectivity index (χ2v) is 3.83. The molecule has 0 radical (unpaired) electrons. The Morgan fingerprint density at radius 3 is 2.45 bits per heavy atom. The van der Waals surface area contributed by atoms with Gasteiger partial charge in [-0.25, -0.2) is 9.48 Å². The van der Waals surface area contributed by atoms with Gasteiger partial charge >= 0.3 is 5.97 Å². The van der Waals surface area contributed by atoms with Gasteiger partial charge in [-0.05, 0) is 12.1 Å². The molecule has 0 unspecified atom stereocenters. The van der Waals surface area contributed by atoms with Crippen molar-refractivity contribution < 1.29 is 19.6 Å². The van der Waals surface area contributed by atoms with Crippen molar-refractivity contribution in [3.05, 3.63) is 51.8 Å². The van der Waals surface area contributed by atoms with Crippen molar-refractivity contribution in [2.75, 3.05) is 0 Å². The molecule has 0 atom stereocenters. The highest BCUT2D eigenvalue weighted by Gasteiger charge is 2.13. The lowest BCUT2D eigenvalue weighted by molar-refractivity contribution is -0.384. The maximum absolute atomic E-state index is 11.9. The standard InChI is InChI=1S/C11H8N4O5/c16-10(6-14-5-9(11(17)18)12-13-14)7-1-3-8(4-2-7)15(19)20/h1-5H,6H2,(H,17,18). The normalized spacial score (nSPS) is 10.2. The summed E-state index contributed by atoms with van der Waals surface area (Å²) in [5.41, 5.74) is -0.111. The van der Waals surface area contributed by atoms with Gasteiger partial charge in [0.15, 0.2) is 11.5 Å². The fraction of sp³-hybridized carbons (Fsp3) is 0.0909. The molecule has 2 aromatic rings. The lowest BCUT2D eigenvalue weighted by Crippen LogP contribution is -2.11. The van der Waals surface area contributed by atoms with E-state index in [0.29, 0.717) is 0 Å². The zero-order valence-electron chi connectivity index (χ0n) is 9.96. The van der Waals surface area contributed by atoms with Crippen molar-refractivity contribution in [3.8, 4) is 0 Å². The van der Waals surface area contributed by atoms with E-state index in [2.05, 4.69) is 10.3 Å². The van der Waals surface area contributed by atoms with Gasteiger partial charge in [0.25, 0.3) is 5.69 Å². The number of hydrogen-bond acceptors (Lipinski definition) is 6. The predicted molar refractivity (Wildman–Crippen MR) is 64.4 cm³/mol. The lowest BCUT2D eigenvalue weighted by Gasteiger charge is -2.00. The fourth-order valence-electron chi connectivity index (χ4n) is 1.48. The molecule has 0 saturated heterocycles. The van der Waals surface area contributed by atoms with E-state index in [1.54, 1.807) is 0 Å². The monoisotopic (exact) mass is 276 g/mol. The molecule has 0 fully saturated rings. The highest BCUT2D eigenvalue weighted by molar-refractivity contribution is 5.96. The predicted octanol–water partition coefficient (Wildman–Crippen LogP) is 0.767. The number of ketones is 1. The number of nitro groups is 1. The number of Topliss-reactive ketones (excluding diaryl/α,β-unsaturated/α-hetero) is 1. The Bertz CT molecular complexity index is 676. The molecule has 1 aromatic heterocycles. The van der Waals surface area contributed by atoms with Crippen molar-refractivity contribution >= 4 is 17.4 Å². The van der Waals surface area contributed by atoms with E-state index in [9.17, 15) is 19.7 Å². The third-order valence-electron chi connectivity index (χ3n) is 2.46. The number of benzene rings is 1. The Labute approximate surface area is 111 Å². The smallest absolute Gasteiger partial charge is 0.358 e. The molecule has 0 bridgehead atoms. The summed E-state index contributed by atoms with van der Waals surface area (Å²) in [6.07, 6.45) is 1.13. The third kappa shape index (κ3) is 2.83. The minimum atomic E-state index is -1.24. The first-order valence-electron chi connectivity index (χ1n) is 5.38. The summed E-state index contributed by atoms with van der Waals surface area (Å²) >= 11 is 0. The Kier molecular flexibility index (Phi) is 3.51. The van der Waals surface area contributed by atoms with Crippen molar-refractivity contribution in [1.29, 1.82) is 0 Å². The molecule has 0 amide bonds. The summed E-state index contributed by atoms with van der Waals surface area (Å²) in [6, 6.07) is 5.10. The fourth-order valence-corrected chi connectivity index (χ4v) is 1.48. The number of nitro benzene ring substituents is 1. The van der Waals surface area contributed by atoms with Crippen LogP contribution >= 0.6 is 0 Å². The molecule has 1 aromatic carbocycles. The SMILES string of the molecule is O=C(Cn1cc(C(=O)O)nn1)c1ccc([N+](=O)[O-])cc1. The highest BCUT2D eigenvalue weighted by Crippen LogP contribution is 2.12. The van der Waals surface area contributed by atoms with E-state index in [-0.39, 0.29) is 29.3 Å². The summed E-state index contributed by atoms with van der Waals surface area (Å²) in [4.78, 5) is 32.4. The van der Waals surface area contributed by atoms with Crippen LogP contribution in [0.5, 0.6) is 0 Å². The van der Waals surface area contributed by atoms with Crippen LogP contribution < -0.4 is 0 Å². The number of non-ortho nitro benzene ring substituents is 1. The van der Waals surface area contributed by atoms with Crippen LogP contribution in [0.3, 0.4) is 0 Å². The Hall–Kier alpha value is -3.10. The molecule has 2 rings (SSSR count). The van der Waals surface area contributed by atoms with E-state index < -0.39 is 10.9 Å². The number of carboxylic acids is 1. The molecule has 102 valence electrons. The maximum atomic E-state index is 11.9. The number of rotatable bonds is 5. The molecule has 9 nitrogen and oxygen atoms in total. The van der Waals surface area contributed by atoms with Gasteiger partial charge in [0.1, 0.15) is 6.54 Å². The van der Waals surface area contributed by atoms with Crippen molar-refractivity contribution in [2.24, 2.45) is 0 Å². The van der Waals surface area contributed by atoms with Gasteiger partial charge in [0, 0.05) is 17.7 Å². The van der Waals surface area contributed by atoms with Crippen molar-refractivity contribution in [1.82, 2.24) is 15.0 Å². The van der Waals surface area contributed by atoms with E-state index in [4.69, 9.17) is 5.11 Å². The van der Waals surface area contributed by atoms with E-state index >= 15 is 0 Å². The topological polar surface area (TPSA) is 128 Å². The van der Waals surface area contributed by atoms with Gasteiger partial charge in [-0.2, -0.15) is 0 Å². The molecule has 0 aliphatic heterocycles. The second kappa shape index (κ2) is 5.26. The minimum absolute atomic E-state index is 0.115. The van der Waals surface area contributed by atoms with Crippen LogP contribution in [0.15, 0.2) is 30.5 Å². The van der Waals surface area contributed by atoms with Gasteiger partial charge in [-0.3, -0.25) is 14.9 Å².